The van der Waals surface area contributed by atoms with Gasteiger partial charge in [-0.05, 0) is 32.1 Å². The van der Waals surface area contributed by atoms with Crippen molar-refractivity contribution < 1.29 is 9.63 Å². The smallest absolute Gasteiger partial charge is 0.332 e. The lowest BCUT2D eigenvalue weighted by molar-refractivity contribution is -0.148. The third-order valence-corrected chi connectivity index (χ3v) is 4.05. The minimum absolute atomic E-state index is 0.113. The van der Waals surface area contributed by atoms with Gasteiger partial charge in [0.05, 0.1) is 0 Å². The quantitative estimate of drug-likeness (QED) is 0.102. The topological polar surface area (TPSA) is 103 Å². The molecule has 0 radical (unpaired) electrons. The van der Waals surface area contributed by atoms with E-state index in [2.05, 4.69) is 34.5 Å². The summed E-state index contributed by atoms with van der Waals surface area (Å²) in [5.74, 6) is 4.44. The van der Waals surface area contributed by atoms with Crippen LogP contribution in [0.4, 0.5) is 0 Å². The van der Waals surface area contributed by atoms with Crippen molar-refractivity contribution in [1.29, 1.82) is 0 Å². The van der Waals surface area contributed by atoms with Crippen LogP contribution in [0.5, 0.6) is 0 Å². The van der Waals surface area contributed by atoms with Crippen molar-refractivity contribution in [3.63, 3.8) is 0 Å². The summed E-state index contributed by atoms with van der Waals surface area (Å²) in [5, 5.41) is 3.14. The Morgan fingerprint density at radius 3 is 2.00 bits per heavy atom. The molecule has 0 aromatic carbocycles. The van der Waals surface area contributed by atoms with Crippen LogP contribution in [0.2, 0.25) is 0 Å². The first kappa shape index (κ1) is 23.3. The molecule has 146 valence electrons. The van der Waals surface area contributed by atoms with Gasteiger partial charge >= 0.3 is 5.97 Å². The number of carbonyl (C=O) groups excluding carboxylic acids is 1. The van der Waals surface area contributed by atoms with Gasteiger partial charge in [-0.25, -0.2) is 4.79 Å². The predicted molar refractivity (Wildman–Crippen MR) is 104 cm³/mol. The van der Waals surface area contributed by atoms with E-state index in [0.717, 1.165) is 19.3 Å². The number of unbranched alkanes of at least 4 members (excludes halogenated alkanes) is 11. The third-order valence-electron chi connectivity index (χ3n) is 4.05. The molecule has 0 rings (SSSR count). The number of hydrazone groups is 1. The van der Waals surface area contributed by atoms with Crippen LogP contribution >= 0.6 is 0 Å². The van der Waals surface area contributed by atoms with Crippen LogP contribution in [0.25, 0.3) is 0 Å². The number of nitrogens with one attached hydrogen (secondary N) is 1. The van der Waals surface area contributed by atoms with Crippen LogP contribution in [0, 0.1) is 0 Å². The van der Waals surface area contributed by atoms with Crippen LogP contribution < -0.4 is 17.1 Å². The highest BCUT2D eigenvalue weighted by atomic mass is 16.7. The number of hydrogen-bond donors (Lipinski definition) is 3. The van der Waals surface area contributed by atoms with Gasteiger partial charge in [0.25, 0.3) is 0 Å². The van der Waals surface area contributed by atoms with Gasteiger partial charge in [-0.2, -0.15) is 5.48 Å². The van der Waals surface area contributed by atoms with E-state index in [0.29, 0.717) is 6.42 Å². The average Bonchev–Trinajstić information content (AvgIpc) is 2.62. The van der Waals surface area contributed by atoms with Gasteiger partial charge in [0.15, 0.2) is 0 Å². The molecule has 0 bridgehead atoms. The van der Waals surface area contributed by atoms with Crippen molar-refractivity contribution in [2.45, 2.75) is 96.8 Å². The van der Waals surface area contributed by atoms with Crippen molar-refractivity contribution in [3.05, 3.63) is 12.2 Å². The second kappa shape index (κ2) is 18.6. The SMILES string of the molecule is CCCCCCCC/C=C\CCCCCCCC(=O)ONC(N)=NN. The van der Waals surface area contributed by atoms with E-state index in [1.54, 1.807) is 0 Å². The van der Waals surface area contributed by atoms with E-state index in [1.807, 2.05) is 0 Å². The van der Waals surface area contributed by atoms with E-state index in [9.17, 15) is 4.79 Å². The highest BCUT2D eigenvalue weighted by molar-refractivity contribution is 5.78. The van der Waals surface area contributed by atoms with Crippen molar-refractivity contribution >= 4 is 11.9 Å². The zero-order valence-corrected chi connectivity index (χ0v) is 16.0. The zero-order chi connectivity index (χ0) is 18.6. The Bertz CT molecular complexity index is 370. The molecule has 0 unspecified atom stereocenters. The number of nitrogens with zero attached hydrogens (tertiary/aromatic N) is 1. The fraction of sp³-hybridized carbons (Fsp3) is 0.789. The lowest BCUT2D eigenvalue weighted by atomic mass is 10.1. The van der Waals surface area contributed by atoms with Gasteiger partial charge in [-0.15, -0.1) is 5.10 Å². The van der Waals surface area contributed by atoms with Crippen LogP contribution in [0.3, 0.4) is 0 Å². The van der Waals surface area contributed by atoms with Crippen LogP contribution in [-0.2, 0) is 9.63 Å². The number of hydroxylamine groups is 1. The van der Waals surface area contributed by atoms with E-state index >= 15 is 0 Å². The Kier molecular flexibility index (Phi) is 17.3. The van der Waals surface area contributed by atoms with E-state index < -0.39 is 0 Å². The van der Waals surface area contributed by atoms with Gasteiger partial charge < -0.3 is 16.4 Å². The van der Waals surface area contributed by atoms with Crippen LogP contribution in [0.15, 0.2) is 17.3 Å². The zero-order valence-electron chi connectivity index (χ0n) is 16.0. The van der Waals surface area contributed by atoms with Gasteiger partial charge in [0.1, 0.15) is 0 Å². The molecule has 0 aromatic heterocycles. The summed E-state index contributed by atoms with van der Waals surface area (Å²) in [6.45, 7) is 2.26. The molecule has 0 saturated carbocycles. The fourth-order valence-electron chi connectivity index (χ4n) is 2.53. The molecule has 0 aliphatic carbocycles. The fourth-order valence-corrected chi connectivity index (χ4v) is 2.53. The molecule has 0 aromatic rings. The first-order valence-electron chi connectivity index (χ1n) is 9.84. The normalized spacial score (nSPS) is 11.8. The summed E-state index contributed by atoms with van der Waals surface area (Å²) < 4.78 is 0. The number of carbonyl (C=O) groups is 1. The molecule has 25 heavy (non-hydrogen) atoms. The molecule has 0 fully saturated rings. The Labute approximate surface area is 153 Å². The minimum atomic E-state index is -0.343. The van der Waals surface area contributed by atoms with Crippen molar-refractivity contribution in [3.8, 4) is 0 Å². The van der Waals surface area contributed by atoms with Crippen molar-refractivity contribution in [1.82, 2.24) is 5.48 Å². The molecule has 5 N–H and O–H groups in total. The Hall–Kier alpha value is -1.72. The second-order valence-electron chi connectivity index (χ2n) is 6.42. The van der Waals surface area contributed by atoms with Gasteiger partial charge in [0, 0.05) is 6.42 Å². The maximum Gasteiger partial charge on any atom is 0.332 e. The first-order chi connectivity index (χ1) is 12.2. The van der Waals surface area contributed by atoms with Crippen LogP contribution in [-0.4, -0.2) is 11.9 Å². The summed E-state index contributed by atoms with van der Waals surface area (Å²) in [4.78, 5) is 16.0. The molecule has 0 heterocycles. The highest BCUT2D eigenvalue weighted by Gasteiger charge is 2.03. The number of allylic oxidation sites excluding steroid dienone is 2. The summed E-state index contributed by atoms with van der Waals surface area (Å²) >= 11 is 0. The molecule has 6 heteroatoms. The lowest BCUT2D eigenvalue weighted by Crippen LogP contribution is -2.34. The molecule has 0 spiro atoms. The number of guanidine groups is 1. The first-order valence-corrected chi connectivity index (χ1v) is 9.84. The third kappa shape index (κ3) is 18.5. The largest absolute Gasteiger partial charge is 0.366 e. The predicted octanol–water partition coefficient (Wildman–Crippen LogP) is 4.26. The molecule has 0 atom stereocenters. The minimum Gasteiger partial charge on any atom is -0.366 e. The molecule has 0 amide bonds. The molecule has 0 aliphatic rings. The maximum atomic E-state index is 11.4. The van der Waals surface area contributed by atoms with Crippen molar-refractivity contribution in [2.75, 3.05) is 0 Å². The van der Waals surface area contributed by atoms with E-state index in [1.165, 1.54) is 64.2 Å². The standard InChI is InChI=1S/C19H38N4O2/c1-2-3-4-5-6-7-8-9-10-11-12-13-14-15-16-17-18(24)25-23-19(20)22-21/h9-10H,2-8,11-17,21H2,1H3,(H3,20,22,23)/b10-9-. The lowest BCUT2D eigenvalue weighted by Gasteiger charge is -2.04. The Morgan fingerprint density at radius 2 is 1.44 bits per heavy atom. The number of nitrogens with two attached hydrogens (primary N) is 2. The maximum absolute atomic E-state index is 11.4. The molecule has 6 nitrogen and oxygen atoms in total. The number of hydrogen-bond acceptors (Lipinski definition) is 4. The molecule has 0 saturated heterocycles. The summed E-state index contributed by atoms with van der Waals surface area (Å²) in [6.07, 6.45) is 21.0. The summed E-state index contributed by atoms with van der Waals surface area (Å²) in [7, 11) is 0. The monoisotopic (exact) mass is 354 g/mol. The number of rotatable bonds is 15. The van der Waals surface area contributed by atoms with Crippen molar-refractivity contribution in [2.24, 2.45) is 16.7 Å². The Balaban J connectivity index is 3.25. The second-order valence-corrected chi connectivity index (χ2v) is 6.42. The average molecular weight is 355 g/mol. The van der Waals surface area contributed by atoms with Crippen LogP contribution in [0.1, 0.15) is 96.8 Å². The van der Waals surface area contributed by atoms with Gasteiger partial charge in [0.2, 0.25) is 5.96 Å². The highest BCUT2D eigenvalue weighted by Crippen LogP contribution is 2.10. The van der Waals surface area contributed by atoms with E-state index in [-0.39, 0.29) is 11.9 Å². The van der Waals surface area contributed by atoms with E-state index in [4.69, 9.17) is 11.6 Å². The molecule has 0 aliphatic heterocycles. The summed E-state index contributed by atoms with van der Waals surface area (Å²) in [6, 6.07) is 0. The summed E-state index contributed by atoms with van der Waals surface area (Å²) in [5.41, 5.74) is 7.42. The van der Waals surface area contributed by atoms with Gasteiger partial charge in [-0.3, -0.25) is 0 Å². The van der Waals surface area contributed by atoms with Gasteiger partial charge in [-0.1, -0.05) is 70.4 Å². The Morgan fingerprint density at radius 1 is 0.920 bits per heavy atom. The molecular formula is C19H38N4O2. The molecular weight excluding hydrogens is 316 g/mol.